The van der Waals surface area contributed by atoms with E-state index in [9.17, 15) is 9.59 Å². The molecule has 110 valence electrons. The van der Waals surface area contributed by atoms with Crippen LogP contribution < -0.4 is 0 Å². The summed E-state index contributed by atoms with van der Waals surface area (Å²) >= 11 is 0. The van der Waals surface area contributed by atoms with Crippen LogP contribution in [0.5, 0.6) is 0 Å². The lowest BCUT2D eigenvalue weighted by molar-refractivity contribution is -0.145. The summed E-state index contributed by atoms with van der Waals surface area (Å²) in [4.78, 5) is 25.4. The van der Waals surface area contributed by atoms with Crippen molar-refractivity contribution in [2.75, 3.05) is 26.8 Å². The van der Waals surface area contributed by atoms with Crippen molar-refractivity contribution < 1.29 is 23.5 Å². The Labute approximate surface area is 117 Å². The smallest absolute Gasteiger partial charge is 0.308 e. The third-order valence-corrected chi connectivity index (χ3v) is 3.32. The fourth-order valence-electron chi connectivity index (χ4n) is 2.31. The molecule has 1 unspecified atom stereocenters. The zero-order chi connectivity index (χ0) is 14.7. The van der Waals surface area contributed by atoms with E-state index < -0.39 is 0 Å². The average Bonchev–Trinajstić information content (AvgIpc) is 2.77. The van der Waals surface area contributed by atoms with Crippen LogP contribution in [-0.4, -0.2) is 49.7 Å². The summed E-state index contributed by atoms with van der Waals surface area (Å²) in [5.41, 5.74) is 0.571. The van der Waals surface area contributed by atoms with Crippen molar-refractivity contribution in [2.45, 2.75) is 26.4 Å². The number of esters is 1. The normalized spacial score (nSPS) is 18.9. The summed E-state index contributed by atoms with van der Waals surface area (Å²) in [6, 6.07) is 1.74. The minimum Gasteiger partial charge on any atom is -0.469 e. The van der Waals surface area contributed by atoms with Gasteiger partial charge in [-0.25, -0.2) is 0 Å². The summed E-state index contributed by atoms with van der Waals surface area (Å²) in [7, 11) is 1.34. The van der Waals surface area contributed by atoms with Crippen molar-refractivity contribution in [3.63, 3.8) is 0 Å². The SMILES string of the molecule is COC(=O)CC1CN(C(=O)c2cc(C)oc2C)CCO1. The highest BCUT2D eigenvalue weighted by Gasteiger charge is 2.28. The second kappa shape index (κ2) is 6.09. The Kier molecular flexibility index (Phi) is 4.44. The zero-order valence-corrected chi connectivity index (χ0v) is 12.0. The van der Waals surface area contributed by atoms with Gasteiger partial charge in [0.25, 0.3) is 5.91 Å². The number of ether oxygens (including phenoxy) is 2. The molecule has 1 aromatic rings. The van der Waals surface area contributed by atoms with Crippen LogP contribution in [0.1, 0.15) is 28.3 Å². The molecule has 0 bridgehead atoms. The fraction of sp³-hybridized carbons (Fsp3) is 0.571. The highest BCUT2D eigenvalue weighted by atomic mass is 16.5. The Hall–Kier alpha value is -1.82. The standard InChI is InChI=1S/C14H19NO5/c1-9-6-12(10(2)20-9)14(17)15-4-5-19-11(8-15)7-13(16)18-3/h6,11H,4-5,7-8H2,1-3H3. The van der Waals surface area contributed by atoms with Gasteiger partial charge in [-0.15, -0.1) is 0 Å². The van der Waals surface area contributed by atoms with E-state index in [4.69, 9.17) is 9.15 Å². The van der Waals surface area contributed by atoms with E-state index in [1.165, 1.54) is 7.11 Å². The van der Waals surface area contributed by atoms with Gasteiger partial charge in [0, 0.05) is 13.1 Å². The molecule has 1 atom stereocenters. The predicted octanol–water partition coefficient (Wildman–Crippen LogP) is 1.30. The number of methoxy groups -OCH3 is 1. The lowest BCUT2D eigenvalue weighted by Gasteiger charge is -2.32. The van der Waals surface area contributed by atoms with E-state index in [0.29, 0.717) is 36.8 Å². The summed E-state index contributed by atoms with van der Waals surface area (Å²) in [6.07, 6.45) is -0.155. The minimum atomic E-state index is -0.334. The van der Waals surface area contributed by atoms with Gasteiger partial charge >= 0.3 is 5.97 Å². The van der Waals surface area contributed by atoms with Gasteiger partial charge in [0.05, 0.1) is 31.8 Å². The van der Waals surface area contributed by atoms with E-state index in [2.05, 4.69) is 4.74 Å². The monoisotopic (exact) mass is 281 g/mol. The Balaban J connectivity index is 2.03. The van der Waals surface area contributed by atoms with Crippen molar-refractivity contribution >= 4 is 11.9 Å². The van der Waals surface area contributed by atoms with Gasteiger partial charge in [0.1, 0.15) is 11.5 Å². The zero-order valence-electron chi connectivity index (χ0n) is 12.0. The molecular weight excluding hydrogens is 262 g/mol. The molecule has 1 aliphatic rings. The highest BCUT2D eigenvalue weighted by molar-refractivity contribution is 5.95. The first-order chi connectivity index (χ1) is 9.51. The maximum absolute atomic E-state index is 12.4. The Morgan fingerprint density at radius 2 is 2.20 bits per heavy atom. The molecule has 0 N–H and O–H groups in total. The van der Waals surface area contributed by atoms with Gasteiger partial charge in [0.15, 0.2) is 0 Å². The van der Waals surface area contributed by atoms with Crippen molar-refractivity contribution in [3.05, 3.63) is 23.2 Å². The van der Waals surface area contributed by atoms with Gasteiger partial charge in [0.2, 0.25) is 0 Å². The Bertz CT molecular complexity index is 508. The first kappa shape index (κ1) is 14.6. The maximum atomic E-state index is 12.4. The van der Waals surface area contributed by atoms with E-state index in [1.54, 1.807) is 17.9 Å². The number of hydrogen-bond acceptors (Lipinski definition) is 5. The first-order valence-electron chi connectivity index (χ1n) is 6.56. The number of morpholine rings is 1. The largest absolute Gasteiger partial charge is 0.469 e. The van der Waals surface area contributed by atoms with Crippen LogP contribution in [0.2, 0.25) is 0 Å². The van der Waals surface area contributed by atoms with Crippen LogP contribution in [-0.2, 0) is 14.3 Å². The fourth-order valence-corrected chi connectivity index (χ4v) is 2.31. The molecule has 6 heteroatoms. The molecule has 20 heavy (non-hydrogen) atoms. The maximum Gasteiger partial charge on any atom is 0.308 e. The number of carbonyl (C=O) groups is 2. The first-order valence-corrected chi connectivity index (χ1v) is 6.56. The number of rotatable bonds is 3. The molecular formula is C14H19NO5. The highest BCUT2D eigenvalue weighted by Crippen LogP contribution is 2.18. The molecule has 1 saturated heterocycles. The molecule has 6 nitrogen and oxygen atoms in total. The molecule has 2 heterocycles. The van der Waals surface area contributed by atoms with E-state index in [1.807, 2.05) is 6.92 Å². The van der Waals surface area contributed by atoms with Gasteiger partial charge in [-0.1, -0.05) is 0 Å². The van der Waals surface area contributed by atoms with E-state index in [-0.39, 0.29) is 24.4 Å². The van der Waals surface area contributed by atoms with Gasteiger partial charge < -0.3 is 18.8 Å². The third kappa shape index (κ3) is 3.19. The van der Waals surface area contributed by atoms with Gasteiger partial charge in [-0.2, -0.15) is 0 Å². The van der Waals surface area contributed by atoms with Crippen LogP contribution in [0.4, 0.5) is 0 Å². The van der Waals surface area contributed by atoms with Crippen LogP contribution in [0, 0.1) is 13.8 Å². The molecule has 0 spiro atoms. The topological polar surface area (TPSA) is 69.0 Å². The second-order valence-corrected chi connectivity index (χ2v) is 4.85. The number of nitrogens with zero attached hydrogens (tertiary/aromatic N) is 1. The lowest BCUT2D eigenvalue weighted by Crippen LogP contribution is -2.46. The molecule has 0 saturated carbocycles. The number of furan rings is 1. The Morgan fingerprint density at radius 1 is 1.45 bits per heavy atom. The summed E-state index contributed by atoms with van der Waals surface area (Å²) in [5.74, 6) is 0.908. The molecule has 1 aromatic heterocycles. The van der Waals surface area contributed by atoms with Crippen molar-refractivity contribution in [3.8, 4) is 0 Å². The quantitative estimate of drug-likeness (QED) is 0.781. The van der Waals surface area contributed by atoms with Crippen molar-refractivity contribution in [1.29, 1.82) is 0 Å². The third-order valence-electron chi connectivity index (χ3n) is 3.32. The number of aryl methyl sites for hydroxylation is 2. The van der Waals surface area contributed by atoms with Crippen LogP contribution >= 0.6 is 0 Å². The predicted molar refractivity (Wildman–Crippen MR) is 70.5 cm³/mol. The van der Waals surface area contributed by atoms with E-state index in [0.717, 1.165) is 0 Å². The van der Waals surface area contributed by atoms with E-state index >= 15 is 0 Å². The molecule has 0 aliphatic carbocycles. The minimum absolute atomic E-state index is 0.0856. The molecule has 0 aromatic carbocycles. The lowest BCUT2D eigenvalue weighted by atomic mass is 10.1. The average molecular weight is 281 g/mol. The summed E-state index contributed by atoms with van der Waals surface area (Å²) < 4.78 is 15.5. The number of carbonyl (C=O) groups excluding carboxylic acids is 2. The van der Waals surface area contributed by atoms with Gasteiger partial charge in [-0.05, 0) is 19.9 Å². The molecule has 1 aliphatic heterocycles. The molecule has 1 amide bonds. The summed E-state index contributed by atoms with van der Waals surface area (Å²) in [5, 5.41) is 0. The number of amides is 1. The van der Waals surface area contributed by atoms with Crippen LogP contribution in [0.3, 0.4) is 0 Å². The van der Waals surface area contributed by atoms with Crippen LogP contribution in [0.15, 0.2) is 10.5 Å². The van der Waals surface area contributed by atoms with Gasteiger partial charge in [-0.3, -0.25) is 9.59 Å². The molecule has 2 rings (SSSR count). The number of hydrogen-bond donors (Lipinski definition) is 0. The Morgan fingerprint density at radius 3 is 2.80 bits per heavy atom. The summed E-state index contributed by atoms with van der Waals surface area (Å²) in [6.45, 7) is 4.90. The molecule has 0 radical (unpaired) electrons. The van der Waals surface area contributed by atoms with Crippen molar-refractivity contribution in [2.24, 2.45) is 0 Å². The van der Waals surface area contributed by atoms with Crippen molar-refractivity contribution in [1.82, 2.24) is 4.90 Å². The molecule has 1 fully saturated rings. The van der Waals surface area contributed by atoms with Crippen LogP contribution in [0.25, 0.3) is 0 Å². The second-order valence-electron chi connectivity index (χ2n) is 4.85.